The molecule has 0 aliphatic heterocycles. The number of hydrogen-bond donors (Lipinski definition) is 1. The highest BCUT2D eigenvalue weighted by Crippen LogP contribution is 2.27. The van der Waals surface area contributed by atoms with Gasteiger partial charge in [0.1, 0.15) is 12.6 Å². The normalized spacial score (nSPS) is 12.0. The average Bonchev–Trinajstić information content (AvgIpc) is 2.90. The first-order valence-electron chi connectivity index (χ1n) is 12.0. The van der Waals surface area contributed by atoms with Crippen molar-refractivity contribution >= 4 is 39.1 Å². The molecule has 0 saturated heterocycles. The fraction of sp³-hybridized carbons (Fsp3) is 0.286. The largest absolute Gasteiger partial charge is 0.357 e. The molecule has 0 bridgehead atoms. The average molecular weight is 542 g/mol. The highest BCUT2D eigenvalue weighted by Gasteiger charge is 2.33. The summed E-state index contributed by atoms with van der Waals surface area (Å²) in [5.41, 5.74) is 2.91. The topological polar surface area (TPSA) is 86.8 Å². The number of carbonyl (C=O) groups is 2. The summed E-state index contributed by atoms with van der Waals surface area (Å²) in [5, 5.41) is 3.06. The van der Waals surface area contributed by atoms with Crippen molar-refractivity contribution in [3.05, 3.63) is 94.5 Å². The van der Waals surface area contributed by atoms with E-state index in [-0.39, 0.29) is 17.3 Å². The molecule has 3 rings (SSSR count). The quantitative estimate of drug-likeness (QED) is 0.403. The summed E-state index contributed by atoms with van der Waals surface area (Å²) in [6.07, 6.45) is 0.338. The second-order valence-corrected chi connectivity index (χ2v) is 11.0. The second kappa shape index (κ2) is 12.3. The summed E-state index contributed by atoms with van der Waals surface area (Å²) < 4.78 is 28.7. The van der Waals surface area contributed by atoms with E-state index in [1.165, 1.54) is 24.1 Å². The van der Waals surface area contributed by atoms with Gasteiger partial charge < -0.3 is 10.2 Å². The highest BCUT2D eigenvalue weighted by atomic mass is 35.5. The number of benzene rings is 3. The van der Waals surface area contributed by atoms with Crippen LogP contribution in [0.3, 0.4) is 0 Å². The molecule has 0 saturated carbocycles. The molecule has 3 aromatic carbocycles. The number of aryl methyl sites for hydroxylation is 2. The Labute approximate surface area is 224 Å². The number of nitrogens with one attached hydrogen (secondary N) is 1. The first-order chi connectivity index (χ1) is 17.6. The molecule has 1 atom stereocenters. The Balaban J connectivity index is 2.09. The van der Waals surface area contributed by atoms with Crippen LogP contribution in [0.5, 0.6) is 0 Å². The van der Waals surface area contributed by atoms with E-state index in [1.807, 2.05) is 19.9 Å². The third-order valence-corrected chi connectivity index (χ3v) is 8.48. The third kappa shape index (κ3) is 6.50. The lowest BCUT2D eigenvalue weighted by molar-refractivity contribution is -0.140. The number of sulfonamides is 1. The van der Waals surface area contributed by atoms with Crippen molar-refractivity contribution in [1.29, 1.82) is 0 Å². The molecule has 0 fully saturated rings. The molecule has 7 nitrogen and oxygen atoms in total. The van der Waals surface area contributed by atoms with E-state index in [1.54, 1.807) is 61.5 Å². The van der Waals surface area contributed by atoms with Crippen molar-refractivity contribution in [3.63, 3.8) is 0 Å². The lowest BCUT2D eigenvalue weighted by Crippen LogP contribution is -2.51. The molecule has 0 radical (unpaired) electrons. The number of anilines is 1. The van der Waals surface area contributed by atoms with E-state index >= 15 is 0 Å². The Morgan fingerprint density at radius 2 is 1.59 bits per heavy atom. The number of halogens is 1. The van der Waals surface area contributed by atoms with Crippen molar-refractivity contribution in [1.82, 2.24) is 10.2 Å². The molecule has 37 heavy (non-hydrogen) atoms. The fourth-order valence-electron chi connectivity index (χ4n) is 4.03. The van der Waals surface area contributed by atoms with Crippen molar-refractivity contribution in [2.75, 3.05) is 17.9 Å². The molecule has 0 aromatic heterocycles. The van der Waals surface area contributed by atoms with Gasteiger partial charge in [0, 0.05) is 18.6 Å². The Kier molecular flexibility index (Phi) is 9.34. The third-order valence-electron chi connectivity index (χ3n) is 6.32. The van der Waals surface area contributed by atoms with Crippen molar-refractivity contribution < 1.29 is 18.0 Å². The number of nitrogens with zero attached hydrogens (tertiary/aromatic N) is 2. The van der Waals surface area contributed by atoms with Crippen molar-refractivity contribution in [2.24, 2.45) is 0 Å². The van der Waals surface area contributed by atoms with Crippen molar-refractivity contribution in [3.8, 4) is 0 Å². The molecule has 9 heteroatoms. The van der Waals surface area contributed by atoms with Gasteiger partial charge in [-0.25, -0.2) is 8.42 Å². The predicted molar refractivity (Wildman–Crippen MR) is 147 cm³/mol. The lowest BCUT2D eigenvalue weighted by Gasteiger charge is -2.33. The molecule has 0 heterocycles. The molecular formula is C28H32ClN3O4S. The van der Waals surface area contributed by atoms with Crippen LogP contribution in [0.25, 0.3) is 0 Å². The number of carbonyl (C=O) groups excluding carboxylic acids is 2. The summed E-state index contributed by atoms with van der Waals surface area (Å²) in [7, 11) is -2.59. The minimum atomic E-state index is -4.09. The molecule has 1 N–H and O–H groups in total. The van der Waals surface area contributed by atoms with Crippen LogP contribution in [-0.2, 0) is 26.2 Å². The molecule has 2 amide bonds. The molecule has 0 aliphatic carbocycles. The summed E-state index contributed by atoms with van der Waals surface area (Å²) in [5.74, 6) is -0.861. The van der Waals surface area contributed by atoms with E-state index in [9.17, 15) is 18.0 Å². The Bertz CT molecular complexity index is 1360. The van der Waals surface area contributed by atoms with Crippen LogP contribution in [0.2, 0.25) is 5.02 Å². The van der Waals surface area contributed by atoms with Gasteiger partial charge in [0.15, 0.2) is 0 Å². The monoisotopic (exact) mass is 541 g/mol. The van der Waals surface area contributed by atoms with E-state index < -0.39 is 28.5 Å². The van der Waals surface area contributed by atoms with Crippen LogP contribution in [0.1, 0.15) is 30.0 Å². The van der Waals surface area contributed by atoms with Gasteiger partial charge in [-0.05, 0) is 67.3 Å². The van der Waals surface area contributed by atoms with E-state index in [4.69, 9.17) is 11.6 Å². The number of hydrogen-bond acceptors (Lipinski definition) is 4. The Morgan fingerprint density at radius 1 is 0.946 bits per heavy atom. The fourth-order valence-corrected chi connectivity index (χ4v) is 5.65. The van der Waals surface area contributed by atoms with Crippen LogP contribution < -0.4 is 9.62 Å². The zero-order chi connectivity index (χ0) is 27.2. The van der Waals surface area contributed by atoms with Crippen LogP contribution in [-0.4, -0.2) is 44.8 Å². The van der Waals surface area contributed by atoms with E-state index in [2.05, 4.69) is 5.32 Å². The van der Waals surface area contributed by atoms with Gasteiger partial charge >= 0.3 is 0 Å². The standard InChI is InChI=1S/C28H32ClN3O4S/c1-5-26(28(34)30-4)31(18-22-11-9-10-14-25(22)29)27(33)19-32(23-16-15-20(2)21(3)17-23)37(35,36)24-12-7-6-8-13-24/h6-17,26H,5,18-19H2,1-4H3,(H,30,34)/t26-/m1/s1. The van der Waals surface area contributed by atoms with E-state index in [0.717, 1.165) is 15.4 Å². The van der Waals surface area contributed by atoms with Gasteiger partial charge in [0.2, 0.25) is 11.8 Å². The zero-order valence-corrected chi connectivity index (χ0v) is 23.0. The first kappa shape index (κ1) is 28.2. The SMILES string of the molecule is CC[C@H](C(=O)NC)N(Cc1ccccc1Cl)C(=O)CN(c1ccc(C)c(C)c1)S(=O)(=O)c1ccccc1. The van der Waals surface area contributed by atoms with Crippen LogP contribution >= 0.6 is 11.6 Å². The van der Waals surface area contributed by atoms with Gasteiger partial charge in [0.25, 0.3) is 10.0 Å². The highest BCUT2D eigenvalue weighted by molar-refractivity contribution is 7.92. The molecule has 0 unspecified atom stereocenters. The number of likely N-dealkylation sites (N-methyl/N-ethyl adjacent to an activating group) is 1. The smallest absolute Gasteiger partial charge is 0.264 e. The number of amides is 2. The van der Waals surface area contributed by atoms with Gasteiger partial charge in [-0.1, -0.05) is 61.0 Å². The van der Waals surface area contributed by atoms with Gasteiger partial charge in [-0.3, -0.25) is 13.9 Å². The summed E-state index contributed by atoms with van der Waals surface area (Å²) in [6.45, 7) is 5.18. The molecule has 0 spiro atoms. The van der Waals surface area contributed by atoms with Crippen LogP contribution in [0, 0.1) is 13.8 Å². The summed E-state index contributed by atoms with van der Waals surface area (Å²) >= 11 is 6.38. The Morgan fingerprint density at radius 3 is 2.19 bits per heavy atom. The number of rotatable bonds is 10. The van der Waals surface area contributed by atoms with E-state index in [0.29, 0.717) is 22.7 Å². The maximum Gasteiger partial charge on any atom is 0.264 e. The predicted octanol–water partition coefficient (Wildman–Crippen LogP) is 4.71. The van der Waals surface area contributed by atoms with Gasteiger partial charge in [0.05, 0.1) is 10.6 Å². The molecular weight excluding hydrogens is 510 g/mol. The van der Waals surface area contributed by atoms with Crippen LogP contribution in [0.15, 0.2) is 77.7 Å². The summed E-state index contributed by atoms with van der Waals surface area (Å²) in [4.78, 5) is 28.1. The van der Waals surface area contributed by atoms with Crippen LogP contribution in [0.4, 0.5) is 5.69 Å². The molecule has 3 aromatic rings. The molecule has 196 valence electrons. The second-order valence-electron chi connectivity index (χ2n) is 8.74. The maximum atomic E-state index is 13.9. The lowest BCUT2D eigenvalue weighted by atomic mass is 10.1. The maximum absolute atomic E-state index is 13.9. The molecule has 0 aliphatic rings. The summed E-state index contributed by atoms with van der Waals surface area (Å²) in [6, 6.07) is 19.5. The minimum absolute atomic E-state index is 0.0522. The van der Waals surface area contributed by atoms with Crippen molar-refractivity contribution in [2.45, 2.75) is 44.7 Å². The first-order valence-corrected chi connectivity index (χ1v) is 13.8. The minimum Gasteiger partial charge on any atom is -0.357 e. The van der Waals surface area contributed by atoms with Gasteiger partial charge in [-0.2, -0.15) is 0 Å². The zero-order valence-electron chi connectivity index (χ0n) is 21.4. The van der Waals surface area contributed by atoms with Gasteiger partial charge in [-0.15, -0.1) is 0 Å². The Hall–Kier alpha value is -3.36.